The maximum atomic E-state index is 13.9. The van der Waals surface area contributed by atoms with E-state index < -0.39 is 17.5 Å². The lowest BCUT2D eigenvalue weighted by molar-refractivity contribution is -0.194. The van der Waals surface area contributed by atoms with Crippen LogP contribution in [0.1, 0.15) is 41.9 Å². The molecule has 1 fully saturated rings. The van der Waals surface area contributed by atoms with E-state index in [1.165, 1.54) is 0 Å². The van der Waals surface area contributed by atoms with Crippen LogP contribution < -0.4 is 10.6 Å². The smallest absolute Gasteiger partial charge is 0.355 e. The van der Waals surface area contributed by atoms with Crippen LogP contribution in [0.25, 0.3) is 0 Å². The second-order valence-corrected chi connectivity index (χ2v) is 9.66. The van der Waals surface area contributed by atoms with Gasteiger partial charge in [0.25, 0.3) is 0 Å². The Morgan fingerprint density at radius 3 is 2.47 bits per heavy atom. The summed E-state index contributed by atoms with van der Waals surface area (Å²) >= 11 is 0. The molecule has 2 aliphatic rings. The third-order valence-electron chi connectivity index (χ3n) is 7.14. The summed E-state index contributed by atoms with van der Waals surface area (Å²) in [7, 11) is 3.82. The number of benzene rings is 2. The molecule has 2 atom stereocenters. The number of anilines is 1. The van der Waals surface area contributed by atoms with E-state index >= 15 is 0 Å². The molecule has 5 nitrogen and oxygen atoms in total. The normalized spacial score (nSPS) is 18.2. The molecule has 182 valence electrons. The molecule has 4 rings (SSSR count). The molecule has 2 aromatic rings. The number of nitrogens with one attached hydrogen (secondary N) is 2. The topological polar surface area (TPSA) is 61.4 Å². The van der Waals surface area contributed by atoms with Gasteiger partial charge in [0.05, 0.1) is 11.8 Å². The summed E-state index contributed by atoms with van der Waals surface area (Å²) in [5.74, 6) is -1.29. The van der Waals surface area contributed by atoms with Gasteiger partial charge in [0, 0.05) is 30.6 Å². The van der Waals surface area contributed by atoms with Gasteiger partial charge in [-0.25, -0.2) is 0 Å². The van der Waals surface area contributed by atoms with Crippen molar-refractivity contribution in [3.8, 4) is 0 Å². The molecule has 1 saturated carbocycles. The molecule has 0 aromatic heterocycles. The van der Waals surface area contributed by atoms with Crippen LogP contribution in [0.4, 0.5) is 18.9 Å². The van der Waals surface area contributed by atoms with Gasteiger partial charge in [0.15, 0.2) is 0 Å². The van der Waals surface area contributed by atoms with E-state index in [1.807, 2.05) is 37.2 Å². The number of hydrogen-bond donors (Lipinski definition) is 2. The minimum absolute atomic E-state index is 0.0242. The van der Waals surface area contributed by atoms with Crippen LogP contribution in [0.2, 0.25) is 0 Å². The van der Waals surface area contributed by atoms with E-state index in [9.17, 15) is 22.8 Å². The molecule has 2 aromatic carbocycles. The van der Waals surface area contributed by atoms with Crippen molar-refractivity contribution in [2.24, 2.45) is 5.41 Å². The number of fused-ring (bicyclic) bond motifs is 1. The lowest BCUT2D eigenvalue weighted by Gasteiger charge is -2.30. The first-order chi connectivity index (χ1) is 16.1. The summed E-state index contributed by atoms with van der Waals surface area (Å²) < 4.78 is 41.7. The highest BCUT2D eigenvalue weighted by Crippen LogP contribution is 2.66. The highest BCUT2D eigenvalue weighted by atomic mass is 19.4. The monoisotopic (exact) mass is 473 g/mol. The molecule has 2 amide bonds. The number of amides is 2. The molecule has 1 aliphatic heterocycles. The number of rotatable bonds is 9. The molecule has 0 unspecified atom stereocenters. The zero-order valence-corrected chi connectivity index (χ0v) is 19.4. The van der Waals surface area contributed by atoms with E-state index in [-0.39, 0.29) is 37.1 Å². The Morgan fingerprint density at radius 2 is 1.85 bits per heavy atom. The average molecular weight is 474 g/mol. The Kier molecular flexibility index (Phi) is 6.71. The van der Waals surface area contributed by atoms with E-state index in [2.05, 4.69) is 10.6 Å². The quantitative estimate of drug-likeness (QED) is 0.571. The van der Waals surface area contributed by atoms with Crippen molar-refractivity contribution in [2.75, 3.05) is 26.0 Å². The fourth-order valence-electron chi connectivity index (χ4n) is 4.89. The van der Waals surface area contributed by atoms with Gasteiger partial charge in [-0.3, -0.25) is 9.59 Å². The first-order valence-corrected chi connectivity index (χ1v) is 11.6. The van der Waals surface area contributed by atoms with Crippen LogP contribution in [0.15, 0.2) is 48.5 Å². The highest BCUT2D eigenvalue weighted by Gasteiger charge is 2.67. The lowest BCUT2D eigenvalue weighted by atomic mass is 9.80. The summed E-state index contributed by atoms with van der Waals surface area (Å²) in [5, 5.41) is 5.69. The molecule has 0 radical (unpaired) electrons. The van der Waals surface area contributed by atoms with Crippen molar-refractivity contribution in [1.29, 1.82) is 0 Å². The highest BCUT2D eigenvalue weighted by molar-refractivity contribution is 5.99. The maximum absolute atomic E-state index is 13.9. The molecule has 0 saturated heterocycles. The van der Waals surface area contributed by atoms with Crippen LogP contribution in [0.3, 0.4) is 0 Å². The first kappa shape index (κ1) is 24.3. The first-order valence-electron chi connectivity index (χ1n) is 11.6. The predicted molar refractivity (Wildman–Crippen MR) is 124 cm³/mol. The predicted octanol–water partition coefficient (Wildman–Crippen LogP) is 4.29. The average Bonchev–Trinajstić information content (AvgIpc) is 3.51. The van der Waals surface area contributed by atoms with E-state index in [0.29, 0.717) is 24.9 Å². The summed E-state index contributed by atoms with van der Waals surface area (Å²) in [6.07, 6.45) is -3.43. The van der Waals surface area contributed by atoms with E-state index in [1.54, 1.807) is 30.3 Å². The van der Waals surface area contributed by atoms with Crippen molar-refractivity contribution < 1.29 is 22.8 Å². The van der Waals surface area contributed by atoms with E-state index in [4.69, 9.17) is 0 Å². The van der Waals surface area contributed by atoms with Gasteiger partial charge < -0.3 is 15.5 Å². The minimum atomic E-state index is -4.34. The van der Waals surface area contributed by atoms with Gasteiger partial charge in [-0.15, -0.1) is 0 Å². The van der Waals surface area contributed by atoms with Crippen LogP contribution in [0, 0.1) is 5.41 Å². The van der Waals surface area contributed by atoms with Crippen LogP contribution in [-0.4, -0.2) is 49.6 Å². The Morgan fingerprint density at radius 1 is 1.15 bits per heavy atom. The van der Waals surface area contributed by atoms with Crippen molar-refractivity contribution >= 4 is 17.5 Å². The summed E-state index contributed by atoms with van der Waals surface area (Å²) in [5.41, 5.74) is 1.56. The van der Waals surface area contributed by atoms with Gasteiger partial charge in [-0.2, -0.15) is 13.2 Å². The summed E-state index contributed by atoms with van der Waals surface area (Å²) in [6.45, 7) is 0.320. The van der Waals surface area contributed by atoms with Gasteiger partial charge >= 0.3 is 6.18 Å². The third-order valence-corrected chi connectivity index (χ3v) is 7.14. The van der Waals surface area contributed by atoms with Crippen molar-refractivity contribution in [3.63, 3.8) is 0 Å². The number of carbonyl (C=O) groups is 2. The maximum Gasteiger partial charge on any atom is 0.395 e. The lowest BCUT2D eigenvalue weighted by Crippen LogP contribution is -2.42. The van der Waals surface area contributed by atoms with Gasteiger partial charge in [-0.1, -0.05) is 42.5 Å². The largest absolute Gasteiger partial charge is 0.395 e. The SMILES string of the molecule is CN(C)[C@H](CNC(=O)C[C@H](c1ccccc1)C1(C(F)(F)F)CC1)Cc1ccc2c(c1)CC(=O)N2. The Labute approximate surface area is 197 Å². The summed E-state index contributed by atoms with van der Waals surface area (Å²) in [4.78, 5) is 26.5. The van der Waals surface area contributed by atoms with Crippen molar-refractivity contribution in [1.82, 2.24) is 10.2 Å². The molecule has 8 heteroatoms. The molecular weight excluding hydrogens is 443 g/mol. The fraction of sp³-hybridized carbons (Fsp3) is 0.462. The number of carbonyl (C=O) groups excluding carboxylic acids is 2. The Bertz CT molecular complexity index is 1050. The molecule has 34 heavy (non-hydrogen) atoms. The molecular formula is C26H30F3N3O2. The molecule has 0 spiro atoms. The Balaban J connectivity index is 1.41. The molecule has 1 heterocycles. The van der Waals surface area contributed by atoms with Gasteiger partial charge in [0.2, 0.25) is 11.8 Å². The number of nitrogens with zero attached hydrogens (tertiary/aromatic N) is 1. The zero-order chi connectivity index (χ0) is 24.5. The van der Waals surface area contributed by atoms with E-state index in [0.717, 1.165) is 16.8 Å². The number of hydrogen-bond acceptors (Lipinski definition) is 3. The number of likely N-dealkylation sites (N-methyl/N-ethyl adjacent to an activating group) is 1. The van der Waals surface area contributed by atoms with Gasteiger partial charge in [0.1, 0.15) is 0 Å². The third kappa shape index (κ3) is 5.12. The van der Waals surface area contributed by atoms with Crippen LogP contribution in [0.5, 0.6) is 0 Å². The molecule has 1 aliphatic carbocycles. The minimum Gasteiger partial charge on any atom is -0.355 e. The zero-order valence-electron chi connectivity index (χ0n) is 19.4. The fourth-order valence-corrected chi connectivity index (χ4v) is 4.89. The second-order valence-electron chi connectivity index (χ2n) is 9.66. The molecule has 2 N–H and O–H groups in total. The number of halogens is 3. The van der Waals surface area contributed by atoms with Crippen molar-refractivity contribution in [2.45, 2.75) is 50.2 Å². The summed E-state index contributed by atoms with van der Waals surface area (Å²) in [6, 6.07) is 14.4. The molecule has 0 bridgehead atoms. The standard InChI is InChI=1S/C26H30F3N3O2/c1-32(2)20(13-17-8-9-22-19(12-17)14-24(34)31-22)16-30-23(33)15-21(18-6-4-3-5-7-18)25(10-11-25)26(27,28)29/h3-9,12,20-21H,10-11,13-16H2,1-2H3,(H,30,33)(H,31,34)/t20-,21+/m0/s1. The second kappa shape index (κ2) is 9.41. The number of alkyl halides is 3. The Hall–Kier alpha value is -2.87. The van der Waals surface area contributed by atoms with Crippen molar-refractivity contribution in [3.05, 3.63) is 65.2 Å². The van der Waals surface area contributed by atoms with Crippen LogP contribution >= 0.6 is 0 Å². The van der Waals surface area contributed by atoms with Gasteiger partial charge in [-0.05, 0) is 56.1 Å². The van der Waals surface area contributed by atoms with Crippen LogP contribution in [-0.2, 0) is 22.4 Å².